The van der Waals surface area contributed by atoms with Crippen LogP contribution in [0.15, 0.2) is 0 Å². The highest BCUT2D eigenvalue weighted by molar-refractivity contribution is 5.06. The van der Waals surface area contributed by atoms with Crippen molar-refractivity contribution in [1.29, 1.82) is 0 Å². The van der Waals surface area contributed by atoms with Gasteiger partial charge in [0, 0.05) is 31.7 Å². The van der Waals surface area contributed by atoms with Crippen molar-refractivity contribution in [2.45, 2.75) is 58.3 Å². The maximum atomic E-state index is 9.30. The second-order valence-electron chi connectivity index (χ2n) is 7.55. The summed E-state index contributed by atoms with van der Waals surface area (Å²) in [5, 5.41) is 12.9. The van der Waals surface area contributed by atoms with Crippen molar-refractivity contribution in [1.82, 2.24) is 10.2 Å². The van der Waals surface area contributed by atoms with Gasteiger partial charge >= 0.3 is 0 Å². The van der Waals surface area contributed by atoms with Crippen molar-refractivity contribution in [3.63, 3.8) is 0 Å². The Balaban J connectivity index is 2.07. The summed E-state index contributed by atoms with van der Waals surface area (Å²) in [6.07, 6.45) is 1.12. The summed E-state index contributed by atoms with van der Waals surface area (Å²) in [5.41, 5.74) is -0.228. The topological polar surface area (TPSA) is 44.7 Å². The lowest BCUT2D eigenvalue weighted by Crippen LogP contribution is -2.50. The number of rotatable bonds is 5. The number of nitrogens with one attached hydrogen (secondary N) is 1. The first kappa shape index (κ1) is 16.2. The van der Waals surface area contributed by atoms with E-state index in [1.807, 2.05) is 0 Å². The van der Waals surface area contributed by atoms with Crippen LogP contribution in [0.5, 0.6) is 0 Å². The zero-order valence-corrected chi connectivity index (χ0v) is 13.8. The van der Waals surface area contributed by atoms with Crippen molar-refractivity contribution in [2.24, 2.45) is 11.8 Å². The molecule has 3 atom stereocenters. The van der Waals surface area contributed by atoms with Crippen LogP contribution in [-0.2, 0) is 4.74 Å². The third kappa shape index (κ3) is 3.19. The summed E-state index contributed by atoms with van der Waals surface area (Å²) in [6.45, 7) is 15.5. The number of likely N-dealkylation sites (N-methyl/N-ethyl adjacent to an activating group) is 1. The lowest BCUT2D eigenvalue weighted by atomic mass is 9.82. The quantitative estimate of drug-likeness (QED) is 0.803. The van der Waals surface area contributed by atoms with Crippen molar-refractivity contribution >= 4 is 0 Å². The highest BCUT2D eigenvalue weighted by atomic mass is 16.5. The molecule has 4 heteroatoms. The molecular weight excluding hydrogens is 252 g/mol. The Hall–Kier alpha value is -0.160. The van der Waals surface area contributed by atoms with Crippen LogP contribution in [0.1, 0.15) is 41.0 Å². The van der Waals surface area contributed by atoms with Crippen molar-refractivity contribution in [3.8, 4) is 0 Å². The molecule has 2 rings (SSSR count). The largest absolute Gasteiger partial charge is 0.396 e. The maximum absolute atomic E-state index is 9.30. The molecule has 0 aromatic carbocycles. The molecule has 4 nitrogen and oxygen atoms in total. The van der Waals surface area contributed by atoms with Crippen LogP contribution in [0.4, 0.5) is 0 Å². The summed E-state index contributed by atoms with van der Waals surface area (Å²) in [5.74, 6) is 0.945. The standard InChI is InChI=1S/C16H32N2O2/c1-6-17-14-13(15(2,3)20-16(14,4)5)10-18-8-7-12(9-18)11-19/h12-14,17,19H,6-11H2,1-5H3. The predicted octanol–water partition coefficient (Wildman–Crippen LogP) is 1.48. The van der Waals surface area contributed by atoms with E-state index >= 15 is 0 Å². The molecule has 0 aliphatic carbocycles. The molecule has 2 aliphatic heterocycles. The minimum Gasteiger partial charge on any atom is -0.396 e. The van der Waals surface area contributed by atoms with Gasteiger partial charge in [-0.25, -0.2) is 0 Å². The summed E-state index contributed by atoms with van der Waals surface area (Å²) in [4.78, 5) is 2.50. The van der Waals surface area contributed by atoms with E-state index in [0.29, 0.717) is 24.5 Å². The summed E-state index contributed by atoms with van der Waals surface area (Å²) in [7, 11) is 0. The van der Waals surface area contributed by atoms with E-state index in [4.69, 9.17) is 4.74 Å². The Morgan fingerprint density at radius 1 is 1.25 bits per heavy atom. The smallest absolute Gasteiger partial charge is 0.0790 e. The van der Waals surface area contributed by atoms with Crippen molar-refractivity contribution in [2.75, 3.05) is 32.8 Å². The lowest BCUT2D eigenvalue weighted by molar-refractivity contribution is -0.0793. The SMILES string of the molecule is CCNC1C(CN2CCC(CO)C2)C(C)(C)OC1(C)C. The van der Waals surface area contributed by atoms with Gasteiger partial charge in [0.1, 0.15) is 0 Å². The van der Waals surface area contributed by atoms with Gasteiger partial charge in [-0.05, 0) is 53.1 Å². The number of ether oxygens (including phenoxy) is 1. The minimum atomic E-state index is -0.125. The number of hydrogen-bond acceptors (Lipinski definition) is 4. The molecule has 0 bridgehead atoms. The molecule has 0 spiro atoms. The van der Waals surface area contributed by atoms with Gasteiger partial charge in [-0.2, -0.15) is 0 Å². The Labute approximate surface area is 123 Å². The van der Waals surface area contributed by atoms with Crippen LogP contribution in [-0.4, -0.2) is 60.0 Å². The Bertz CT molecular complexity index is 330. The third-order valence-electron chi connectivity index (χ3n) is 5.08. The monoisotopic (exact) mass is 284 g/mol. The Kier molecular flexibility index (Phi) is 4.80. The highest BCUT2D eigenvalue weighted by Crippen LogP contribution is 2.43. The van der Waals surface area contributed by atoms with E-state index in [2.05, 4.69) is 44.8 Å². The van der Waals surface area contributed by atoms with E-state index in [1.165, 1.54) is 0 Å². The molecule has 3 unspecified atom stereocenters. The minimum absolute atomic E-state index is 0.104. The second kappa shape index (κ2) is 5.91. The highest BCUT2D eigenvalue weighted by Gasteiger charge is 2.53. The molecule has 0 aromatic heterocycles. The van der Waals surface area contributed by atoms with Crippen LogP contribution >= 0.6 is 0 Å². The molecule has 0 radical (unpaired) electrons. The summed E-state index contributed by atoms with van der Waals surface area (Å²) in [6, 6.07) is 0.385. The molecule has 0 amide bonds. The van der Waals surface area contributed by atoms with Crippen LogP contribution in [0.3, 0.4) is 0 Å². The number of hydrogen-bond donors (Lipinski definition) is 2. The second-order valence-corrected chi connectivity index (χ2v) is 7.55. The van der Waals surface area contributed by atoms with Crippen LogP contribution in [0, 0.1) is 11.8 Å². The van der Waals surface area contributed by atoms with Gasteiger partial charge in [-0.1, -0.05) is 6.92 Å². The first-order valence-electron chi connectivity index (χ1n) is 8.07. The molecule has 0 saturated carbocycles. The van der Waals surface area contributed by atoms with Gasteiger partial charge in [-0.15, -0.1) is 0 Å². The first-order valence-corrected chi connectivity index (χ1v) is 8.07. The number of likely N-dealkylation sites (tertiary alicyclic amines) is 1. The van der Waals surface area contributed by atoms with E-state index < -0.39 is 0 Å². The fourth-order valence-corrected chi connectivity index (χ4v) is 4.14. The maximum Gasteiger partial charge on any atom is 0.0790 e. The van der Waals surface area contributed by atoms with Gasteiger partial charge < -0.3 is 20.1 Å². The van der Waals surface area contributed by atoms with E-state index in [1.54, 1.807) is 0 Å². The Morgan fingerprint density at radius 3 is 2.50 bits per heavy atom. The molecule has 2 aliphatic rings. The van der Waals surface area contributed by atoms with E-state index in [9.17, 15) is 5.11 Å². The van der Waals surface area contributed by atoms with Gasteiger partial charge in [-0.3, -0.25) is 0 Å². The first-order chi connectivity index (χ1) is 9.30. The van der Waals surface area contributed by atoms with Gasteiger partial charge in [0.25, 0.3) is 0 Å². The normalized spacial score (nSPS) is 36.6. The zero-order valence-electron chi connectivity index (χ0n) is 13.8. The zero-order chi connectivity index (χ0) is 15.0. The van der Waals surface area contributed by atoms with Crippen LogP contribution in [0.25, 0.3) is 0 Å². The van der Waals surface area contributed by atoms with Crippen LogP contribution < -0.4 is 5.32 Å². The average molecular weight is 284 g/mol. The van der Waals surface area contributed by atoms with Gasteiger partial charge in [0.2, 0.25) is 0 Å². The average Bonchev–Trinajstić information content (AvgIpc) is 2.85. The molecule has 0 aromatic rings. The summed E-state index contributed by atoms with van der Waals surface area (Å²) >= 11 is 0. The molecule has 118 valence electrons. The molecule has 2 fully saturated rings. The van der Waals surface area contributed by atoms with Gasteiger partial charge in [0.05, 0.1) is 11.2 Å². The number of aliphatic hydroxyl groups is 1. The fraction of sp³-hybridized carbons (Fsp3) is 1.00. The lowest BCUT2D eigenvalue weighted by Gasteiger charge is -2.33. The van der Waals surface area contributed by atoms with Crippen LogP contribution in [0.2, 0.25) is 0 Å². The third-order valence-corrected chi connectivity index (χ3v) is 5.08. The Morgan fingerprint density at radius 2 is 1.95 bits per heavy atom. The van der Waals surface area contributed by atoms with Crippen molar-refractivity contribution in [3.05, 3.63) is 0 Å². The van der Waals surface area contributed by atoms with E-state index in [-0.39, 0.29) is 11.2 Å². The molecule has 2 saturated heterocycles. The molecule has 2 heterocycles. The molecule has 2 N–H and O–H groups in total. The van der Waals surface area contributed by atoms with E-state index in [0.717, 1.165) is 32.6 Å². The molecule has 20 heavy (non-hydrogen) atoms. The van der Waals surface area contributed by atoms with Crippen molar-refractivity contribution < 1.29 is 9.84 Å². The number of nitrogens with zero attached hydrogens (tertiary/aromatic N) is 1. The van der Waals surface area contributed by atoms with Gasteiger partial charge in [0.15, 0.2) is 0 Å². The predicted molar refractivity (Wildman–Crippen MR) is 81.8 cm³/mol. The fourth-order valence-electron chi connectivity index (χ4n) is 4.14. The molecular formula is C16H32N2O2. The summed E-state index contributed by atoms with van der Waals surface area (Å²) < 4.78 is 6.34. The number of aliphatic hydroxyl groups excluding tert-OH is 1.